The number of aromatic nitrogens is 3. The molecule has 2 amide bonds. The number of fused-ring (bicyclic) bond motifs is 1. The van der Waals surface area contributed by atoms with E-state index < -0.39 is 0 Å². The summed E-state index contributed by atoms with van der Waals surface area (Å²) in [6.45, 7) is 5.93. The van der Waals surface area contributed by atoms with Crippen molar-refractivity contribution in [3.63, 3.8) is 0 Å². The molecule has 146 valence electrons. The second kappa shape index (κ2) is 7.38. The molecule has 2 aromatic heterocycles. The van der Waals surface area contributed by atoms with Gasteiger partial charge in [0.1, 0.15) is 23.6 Å². The fourth-order valence-corrected chi connectivity index (χ4v) is 3.94. The first kappa shape index (κ1) is 18.7. The number of aromatic amines is 1. The summed E-state index contributed by atoms with van der Waals surface area (Å²) in [7, 11) is 0. The van der Waals surface area contributed by atoms with Gasteiger partial charge in [0.15, 0.2) is 0 Å². The molecule has 3 aromatic rings. The van der Waals surface area contributed by atoms with Crippen LogP contribution in [-0.4, -0.2) is 51.6 Å². The fraction of sp³-hybridized carbons (Fsp3) is 0.316. The second-order valence-electron chi connectivity index (χ2n) is 6.94. The van der Waals surface area contributed by atoms with E-state index in [9.17, 15) is 9.18 Å². The lowest BCUT2D eigenvalue weighted by molar-refractivity contribution is 0.184. The maximum Gasteiger partial charge on any atom is 0.322 e. The second-order valence-corrected chi connectivity index (χ2v) is 7.79. The van der Waals surface area contributed by atoms with Gasteiger partial charge in [0, 0.05) is 37.6 Å². The number of benzene rings is 1. The average Bonchev–Trinajstić information content (AvgIpc) is 3.06. The zero-order chi connectivity index (χ0) is 19.8. The van der Waals surface area contributed by atoms with Crippen molar-refractivity contribution in [2.45, 2.75) is 19.9 Å². The summed E-state index contributed by atoms with van der Waals surface area (Å²) >= 11 is 3.14. The van der Waals surface area contributed by atoms with Crippen LogP contribution >= 0.6 is 15.9 Å². The monoisotopic (exact) mass is 446 g/mol. The summed E-state index contributed by atoms with van der Waals surface area (Å²) in [6, 6.07) is 4.21. The molecule has 7 nitrogen and oxygen atoms in total. The van der Waals surface area contributed by atoms with Crippen LogP contribution in [0.3, 0.4) is 0 Å². The van der Waals surface area contributed by atoms with Gasteiger partial charge in [-0.2, -0.15) is 0 Å². The standard InChI is InChI=1S/C19H20BrFN6O/c1-11-8-22-17-16(11)18(24-10-23-17)26-5-6-27(12(2)9-26)19(28)25-13-3-4-15(21)14(20)7-13/h3-4,7-8,10,12H,5-6,9H2,1-2H3,(H,25,28)(H,22,23,24). The number of hydrogen-bond donors (Lipinski definition) is 2. The molecule has 1 aliphatic rings. The fourth-order valence-electron chi connectivity index (χ4n) is 3.56. The van der Waals surface area contributed by atoms with Crippen LogP contribution in [0.2, 0.25) is 0 Å². The normalized spacial score (nSPS) is 17.2. The van der Waals surface area contributed by atoms with E-state index in [2.05, 4.69) is 41.1 Å². The Bertz CT molecular complexity index is 1040. The van der Waals surface area contributed by atoms with Crippen molar-refractivity contribution in [3.05, 3.63) is 46.6 Å². The van der Waals surface area contributed by atoms with Gasteiger partial charge in [-0.25, -0.2) is 19.2 Å². The number of nitrogens with one attached hydrogen (secondary N) is 2. The van der Waals surface area contributed by atoms with Crippen molar-refractivity contribution in [2.24, 2.45) is 0 Å². The number of piperazine rings is 1. The molecule has 4 rings (SSSR count). The Balaban J connectivity index is 1.48. The molecule has 1 unspecified atom stereocenters. The lowest BCUT2D eigenvalue weighted by Gasteiger charge is -2.40. The van der Waals surface area contributed by atoms with Gasteiger partial charge in [-0.3, -0.25) is 0 Å². The van der Waals surface area contributed by atoms with E-state index >= 15 is 0 Å². The molecular weight excluding hydrogens is 427 g/mol. The number of H-pyrrole nitrogens is 1. The Morgan fingerprint density at radius 3 is 2.93 bits per heavy atom. The van der Waals surface area contributed by atoms with Gasteiger partial charge in [-0.15, -0.1) is 0 Å². The van der Waals surface area contributed by atoms with Crippen LogP contribution in [0.4, 0.5) is 20.7 Å². The van der Waals surface area contributed by atoms with Crippen molar-refractivity contribution in [2.75, 3.05) is 29.9 Å². The summed E-state index contributed by atoms with van der Waals surface area (Å²) in [6.07, 6.45) is 3.49. The lowest BCUT2D eigenvalue weighted by Crippen LogP contribution is -2.55. The number of halogens is 2. The number of nitrogens with zero attached hydrogens (tertiary/aromatic N) is 4. The van der Waals surface area contributed by atoms with Gasteiger partial charge >= 0.3 is 6.03 Å². The first-order valence-electron chi connectivity index (χ1n) is 9.00. The molecule has 2 N–H and O–H groups in total. The summed E-state index contributed by atoms with van der Waals surface area (Å²) in [5.74, 6) is 0.523. The van der Waals surface area contributed by atoms with E-state index in [4.69, 9.17) is 0 Å². The minimum atomic E-state index is -0.365. The number of amides is 2. The molecule has 0 saturated carbocycles. The van der Waals surface area contributed by atoms with Gasteiger partial charge in [0.2, 0.25) is 0 Å². The summed E-state index contributed by atoms with van der Waals surface area (Å²) in [4.78, 5) is 28.6. The first-order chi connectivity index (χ1) is 13.4. The summed E-state index contributed by atoms with van der Waals surface area (Å²) in [5, 5.41) is 3.86. The maximum absolute atomic E-state index is 13.4. The third kappa shape index (κ3) is 3.42. The number of carbonyl (C=O) groups excluding carboxylic acids is 1. The number of urea groups is 1. The van der Waals surface area contributed by atoms with Crippen molar-refractivity contribution in [3.8, 4) is 0 Å². The number of anilines is 2. The molecule has 1 saturated heterocycles. The van der Waals surface area contributed by atoms with Gasteiger partial charge in [0.25, 0.3) is 0 Å². The van der Waals surface area contributed by atoms with Gasteiger partial charge in [0.05, 0.1) is 9.86 Å². The van der Waals surface area contributed by atoms with E-state index in [1.807, 2.05) is 20.0 Å². The quantitative estimate of drug-likeness (QED) is 0.625. The zero-order valence-corrected chi connectivity index (χ0v) is 17.1. The maximum atomic E-state index is 13.4. The van der Waals surface area contributed by atoms with Gasteiger partial charge in [-0.05, 0) is 53.5 Å². The van der Waals surface area contributed by atoms with Crippen LogP contribution in [0.5, 0.6) is 0 Å². The number of carbonyl (C=O) groups is 1. The molecule has 3 heterocycles. The smallest absolute Gasteiger partial charge is 0.322 e. The molecule has 1 aromatic carbocycles. The van der Waals surface area contributed by atoms with Crippen LogP contribution in [0.25, 0.3) is 11.0 Å². The van der Waals surface area contributed by atoms with Crippen LogP contribution < -0.4 is 10.2 Å². The molecule has 1 aliphatic heterocycles. The Morgan fingerprint density at radius 1 is 1.36 bits per heavy atom. The van der Waals surface area contributed by atoms with Crippen molar-refractivity contribution in [1.82, 2.24) is 19.9 Å². The van der Waals surface area contributed by atoms with Crippen molar-refractivity contribution in [1.29, 1.82) is 0 Å². The lowest BCUT2D eigenvalue weighted by atomic mass is 10.1. The predicted octanol–water partition coefficient (Wildman–Crippen LogP) is 3.91. The molecule has 28 heavy (non-hydrogen) atoms. The Morgan fingerprint density at radius 2 is 2.18 bits per heavy atom. The van der Waals surface area contributed by atoms with E-state index in [1.165, 1.54) is 6.07 Å². The Hall–Kier alpha value is -2.68. The van der Waals surface area contributed by atoms with E-state index in [1.54, 1.807) is 23.4 Å². The molecule has 0 aliphatic carbocycles. The first-order valence-corrected chi connectivity index (χ1v) is 9.79. The summed E-state index contributed by atoms with van der Waals surface area (Å²) in [5.41, 5.74) is 2.46. The molecule has 1 atom stereocenters. The molecular formula is C19H20BrFN6O. The van der Waals surface area contributed by atoms with Gasteiger partial charge < -0.3 is 20.1 Å². The third-order valence-electron chi connectivity index (χ3n) is 5.01. The highest BCUT2D eigenvalue weighted by Gasteiger charge is 2.29. The molecule has 0 radical (unpaired) electrons. The highest BCUT2D eigenvalue weighted by molar-refractivity contribution is 9.10. The summed E-state index contributed by atoms with van der Waals surface area (Å²) < 4.78 is 13.7. The zero-order valence-electron chi connectivity index (χ0n) is 15.5. The number of aryl methyl sites for hydroxylation is 1. The topological polar surface area (TPSA) is 77.2 Å². The van der Waals surface area contributed by atoms with E-state index in [0.717, 1.165) is 22.4 Å². The van der Waals surface area contributed by atoms with E-state index in [0.29, 0.717) is 29.8 Å². The highest BCUT2D eigenvalue weighted by Crippen LogP contribution is 2.28. The molecule has 1 fully saturated rings. The van der Waals surface area contributed by atoms with E-state index in [-0.39, 0.29) is 17.9 Å². The highest BCUT2D eigenvalue weighted by atomic mass is 79.9. The largest absolute Gasteiger partial charge is 0.352 e. The number of hydrogen-bond acceptors (Lipinski definition) is 4. The predicted molar refractivity (Wildman–Crippen MR) is 110 cm³/mol. The third-order valence-corrected chi connectivity index (χ3v) is 5.61. The molecule has 0 bridgehead atoms. The SMILES string of the molecule is Cc1c[nH]c2ncnc(N3CCN(C(=O)Nc4ccc(F)c(Br)c4)C(C)C3)c12. The minimum Gasteiger partial charge on any atom is -0.352 e. The van der Waals surface area contributed by atoms with Crippen molar-refractivity contribution >= 4 is 44.5 Å². The average molecular weight is 447 g/mol. The van der Waals surface area contributed by atoms with Crippen LogP contribution in [0.1, 0.15) is 12.5 Å². The van der Waals surface area contributed by atoms with Crippen LogP contribution in [0.15, 0.2) is 35.2 Å². The molecule has 9 heteroatoms. The van der Waals surface area contributed by atoms with Crippen molar-refractivity contribution < 1.29 is 9.18 Å². The van der Waals surface area contributed by atoms with Gasteiger partial charge in [-0.1, -0.05) is 0 Å². The molecule has 0 spiro atoms. The Kier molecular flexibility index (Phi) is 4.92. The van der Waals surface area contributed by atoms with Crippen LogP contribution in [-0.2, 0) is 0 Å². The van der Waals surface area contributed by atoms with Crippen LogP contribution in [0, 0.1) is 12.7 Å². The minimum absolute atomic E-state index is 0.0121. The Labute approximate surface area is 170 Å². The number of rotatable bonds is 2.